The molecule has 21 heavy (non-hydrogen) atoms. The number of benzene rings is 1. The molecule has 0 spiro atoms. The van der Waals surface area contributed by atoms with E-state index in [-0.39, 0.29) is 17.2 Å². The number of thioether (sulfide) groups is 1. The van der Waals surface area contributed by atoms with Gasteiger partial charge in [-0.1, -0.05) is 44.2 Å². The first-order chi connectivity index (χ1) is 10.1. The van der Waals surface area contributed by atoms with E-state index in [1.165, 1.54) is 18.4 Å². The van der Waals surface area contributed by atoms with Crippen LogP contribution in [0.3, 0.4) is 0 Å². The molecule has 1 saturated carbocycles. The maximum absolute atomic E-state index is 12.5. The monoisotopic (exact) mass is 306 g/mol. The van der Waals surface area contributed by atoms with Crippen LogP contribution >= 0.6 is 11.8 Å². The van der Waals surface area contributed by atoms with Gasteiger partial charge in [-0.2, -0.15) is 0 Å². The van der Waals surface area contributed by atoms with E-state index in [2.05, 4.69) is 31.3 Å². The van der Waals surface area contributed by atoms with Crippen molar-refractivity contribution in [2.24, 2.45) is 17.6 Å². The first-order valence-electron chi connectivity index (χ1n) is 7.77. The second kappa shape index (κ2) is 7.85. The third-order valence-electron chi connectivity index (χ3n) is 3.91. The van der Waals surface area contributed by atoms with Crippen molar-refractivity contribution < 1.29 is 4.79 Å². The maximum Gasteiger partial charge on any atom is 0.233 e. The molecule has 1 aromatic carbocycles. The van der Waals surface area contributed by atoms with Gasteiger partial charge in [-0.05, 0) is 30.2 Å². The highest BCUT2D eigenvalue weighted by Crippen LogP contribution is 2.33. The summed E-state index contributed by atoms with van der Waals surface area (Å²) < 4.78 is 0. The highest BCUT2D eigenvalue weighted by atomic mass is 32.2. The van der Waals surface area contributed by atoms with E-state index in [0.717, 1.165) is 5.75 Å². The van der Waals surface area contributed by atoms with Crippen molar-refractivity contribution in [2.75, 3.05) is 6.54 Å². The Morgan fingerprint density at radius 1 is 1.33 bits per heavy atom. The van der Waals surface area contributed by atoms with Crippen molar-refractivity contribution in [2.45, 2.75) is 43.7 Å². The van der Waals surface area contributed by atoms with E-state index >= 15 is 0 Å². The van der Waals surface area contributed by atoms with Crippen molar-refractivity contribution in [1.29, 1.82) is 0 Å². The number of carbonyl (C=O) groups excluding carboxylic acids is 1. The lowest BCUT2D eigenvalue weighted by atomic mass is 10.1. The van der Waals surface area contributed by atoms with Crippen molar-refractivity contribution in [3.63, 3.8) is 0 Å². The van der Waals surface area contributed by atoms with Crippen LogP contribution < -0.4 is 11.1 Å². The van der Waals surface area contributed by atoms with Crippen molar-refractivity contribution in [1.82, 2.24) is 5.32 Å². The summed E-state index contributed by atoms with van der Waals surface area (Å²) in [7, 11) is 0. The summed E-state index contributed by atoms with van der Waals surface area (Å²) in [6.07, 6.45) is 2.40. The number of hydrogen-bond acceptors (Lipinski definition) is 3. The summed E-state index contributed by atoms with van der Waals surface area (Å²) in [5.41, 5.74) is 7.04. The summed E-state index contributed by atoms with van der Waals surface area (Å²) in [6.45, 7) is 4.76. The lowest BCUT2D eigenvalue weighted by molar-refractivity contribution is -0.122. The van der Waals surface area contributed by atoms with E-state index in [9.17, 15) is 4.79 Å². The molecule has 0 saturated heterocycles. The van der Waals surface area contributed by atoms with E-state index in [1.54, 1.807) is 11.8 Å². The number of nitrogens with one attached hydrogen (secondary N) is 1. The van der Waals surface area contributed by atoms with Crippen LogP contribution in [-0.2, 0) is 10.5 Å². The first kappa shape index (κ1) is 16.4. The average Bonchev–Trinajstić information content (AvgIpc) is 3.30. The first-order valence-corrected chi connectivity index (χ1v) is 8.82. The van der Waals surface area contributed by atoms with Crippen molar-refractivity contribution in [3.05, 3.63) is 35.9 Å². The van der Waals surface area contributed by atoms with Gasteiger partial charge in [0.1, 0.15) is 0 Å². The van der Waals surface area contributed by atoms with E-state index in [1.807, 2.05) is 18.2 Å². The Balaban J connectivity index is 1.89. The zero-order valence-electron chi connectivity index (χ0n) is 12.9. The quantitative estimate of drug-likeness (QED) is 0.776. The van der Waals surface area contributed by atoms with Gasteiger partial charge >= 0.3 is 0 Å². The second-order valence-electron chi connectivity index (χ2n) is 6.15. The Labute approximate surface area is 132 Å². The number of rotatable bonds is 8. The molecule has 0 aliphatic heterocycles. The maximum atomic E-state index is 12.5. The zero-order chi connectivity index (χ0) is 15.2. The van der Waals surface area contributed by atoms with Crippen LogP contribution in [0.15, 0.2) is 30.3 Å². The molecule has 2 rings (SSSR count). The number of hydrogen-bond donors (Lipinski definition) is 2. The molecule has 2 unspecified atom stereocenters. The number of carbonyl (C=O) groups is 1. The molecule has 1 amide bonds. The molecule has 3 N–H and O–H groups in total. The molecule has 2 atom stereocenters. The normalized spacial score (nSPS) is 17.5. The molecule has 1 fully saturated rings. The minimum atomic E-state index is -0.0157. The van der Waals surface area contributed by atoms with Gasteiger partial charge in [0.15, 0.2) is 0 Å². The molecular weight excluding hydrogens is 280 g/mol. The fourth-order valence-corrected chi connectivity index (χ4v) is 3.63. The van der Waals surface area contributed by atoms with E-state index in [0.29, 0.717) is 18.4 Å². The van der Waals surface area contributed by atoms with Gasteiger partial charge in [0, 0.05) is 18.3 Å². The molecular formula is C17H26N2OS. The fourth-order valence-electron chi connectivity index (χ4n) is 2.46. The minimum absolute atomic E-state index is 0.0157. The zero-order valence-corrected chi connectivity index (χ0v) is 13.7. The van der Waals surface area contributed by atoms with Crippen LogP contribution in [0.1, 0.15) is 32.3 Å². The lowest BCUT2D eigenvalue weighted by Gasteiger charge is -2.24. The van der Waals surface area contributed by atoms with Gasteiger partial charge in [0.25, 0.3) is 0 Å². The van der Waals surface area contributed by atoms with Crippen LogP contribution in [0.2, 0.25) is 0 Å². The van der Waals surface area contributed by atoms with Gasteiger partial charge in [-0.25, -0.2) is 0 Å². The minimum Gasteiger partial charge on any atom is -0.351 e. The topological polar surface area (TPSA) is 55.1 Å². The van der Waals surface area contributed by atoms with Crippen LogP contribution in [0.4, 0.5) is 0 Å². The highest BCUT2D eigenvalue weighted by Gasteiger charge is 2.33. The second-order valence-corrected chi connectivity index (χ2v) is 7.28. The summed E-state index contributed by atoms with van der Waals surface area (Å²) in [5, 5.41) is 3.15. The Hall–Kier alpha value is -1.00. The summed E-state index contributed by atoms with van der Waals surface area (Å²) in [4.78, 5) is 12.5. The van der Waals surface area contributed by atoms with Crippen LogP contribution in [0.5, 0.6) is 0 Å². The predicted octanol–water partition coefficient (Wildman–Crippen LogP) is 2.80. The smallest absolute Gasteiger partial charge is 0.233 e. The summed E-state index contributed by atoms with van der Waals surface area (Å²) in [6, 6.07) is 10.5. The van der Waals surface area contributed by atoms with Gasteiger partial charge < -0.3 is 11.1 Å². The van der Waals surface area contributed by atoms with Gasteiger partial charge in [-0.15, -0.1) is 11.8 Å². The van der Waals surface area contributed by atoms with Crippen LogP contribution in [0, 0.1) is 11.8 Å². The molecule has 1 aliphatic rings. The third kappa shape index (κ3) is 5.04. The molecule has 116 valence electrons. The average molecular weight is 306 g/mol. The van der Waals surface area contributed by atoms with Gasteiger partial charge in [0.2, 0.25) is 5.91 Å². The van der Waals surface area contributed by atoms with Gasteiger partial charge in [-0.3, -0.25) is 4.79 Å². The molecule has 0 aromatic heterocycles. The molecule has 3 nitrogen and oxygen atoms in total. The van der Waals surface area contributed by atoms with Gasteiger partial charge in [0.05, 0.1) is 5.25 Å². The number of amides is 1. The Morgan fingerprint density at radius 2 is 2.00 bits per heavy atom. The largest absolute Gasteiger partial charge is 0.351 e. The third-order valence-corrected chi connectivity index (χ3v) is 5.53. The van der Waals surface area contributed by atoms with Crippen molar-refractivity contribution >= 4 is 17.7 Å². The van der Waals surface area contributed by atoms with E-state index < -0.39 is 0 Å². The number of nitrogens with two attached hydrogens (primary N) is 1. The Bertz CT molecular complexity index is 445. The summed E-state index contributed by atoms with van der Waals surface area (Å²) >= 11 is 1.72. The van der Waals surface area contributed by atoms with Crippen LogP contribution in [0.25, 0.3) is 0 Å². The fraction of sp³-hybridized carbons (Fsp3) is 0.588. The highest BCUT2D eigenvalue weighted by molar-refractivity contribution is 7.99. The molecule has 4 heteroatoms. The van der Waals surface area contributed by atoms with Crippen molar-refractivity contribution in [3.8, 4) is 0 Å². The summed E-state index contributed by atoms with van der Waals surface area (Å²) in [5.74, 6) is 1.93. The van der Waals surface area contributed by atoms with E-state index in [4.69, 9.17) is 5.73 Å². The SMILES string of the molecule is CC(C)C(SCc1ccccc1)C(=O)NC(CN)C1CC1. The Kier molecular flexibility index (Phi) is 6.12. The standard InChI is InChI=1S/C17H26N2OS/c1-12(2)16(21-11-13-6-4-3-5-7-13)17(20)19-15(10-18)14-8-9-14/h3-7,12,14-16H,8-11,18H2,1-2H3,(H,19,20). The predicted molar refractivity (Wildman–Crippen MR) is 90.1 cm³/mol. The molecule has 1 aliphatic carbocycles. The molecule has 0 radical (unpaired) electrons. The van der Waals surface area contributed by atoms with Crippen LogP contribution in [-0.4, -0.2) is 23.7 Å². The molecule has 0 heterocycles. The molecule has 1 aromatic rings. The Morgan fingerprint density at radius 3 is 2.52 bits per heavy atom. The lowest BCUT2D eigenvalue weighted by Crippen LogP contribution is -2.46. The molecule has 0 bridgehead atoms.